The molecule has 2 aromatic rings. The summed E-state index contributed by atoms with van der Waals surface area (Å²) in [5.41, 5.74) is 9.12. The molecule has 0 unspecified atom stereocenters. The zero-order valence-corrected chi connectivity index (χ0v) is 10.00. The lowest BCUT2D eigenvalue weighted by atomic mass is 10.1. The summed E-state index contributed by atoms with van der Waals surface area (Å²) in [6, 6.07) is 14.1. The Morgan fingerprint density at radius 3 is 2.69 bits per heavy atom. The van der Waals surface area contributed by atoms with Crippen molar-refractivity contribution < 1.29 is 0 Å². The van der Waals surface area contributed by atoms with Gasteiger partial charge in [-0.3, -0.25) is 0 Å². The van der Waals surface area contributed by atoms with E-state index in [4.69, 9.17) is 5.73 Å². The van der Waals surface area contributed by atoms with E-state index in [1.54, 1.807) is 6.07 Å². The van der Waals surface area contributed by atoms with E-state index in [2.05, 4.69) is 29.4 Å². The molecule has 0 spiro atoms. The quantitative estimate of drug-likeness (QED) is 0.880. The zero-order valence-electron chi connectivity index (χ0n) is 9.18. The molecule has 0 saturated heterocycles. The van der Waals surface area contributed by atoms with Gasteiger partial charge in [-0.25, -0.2) is 4.98 Å². The highest BCUT2D eigenvalue weighted by atomic mass is 32.2. The Kier molecular flexibility index (Phi) is 3.47. The van der Waals surface area contributed by atoms with Crippen LogP contribution in [0.3, 0.4) is 0 Å². The van der Waals surface area contributed by atoms with Crippen molar-refractivity contribution in [1.82, 2.24) is 4.98 Å². The average molecular weight is 230 g/mol. The molecule has 1 aromatic heterocycles. The van der Waals surface area contributed by atoms with Crippen LogP contribution in [0.15, 0.2) is 42.5 Å². The molecule has 0 radical (unpaired) electrons. The second kappa shape index (κ2) is 5.03. The number of anilines is 1. The summed E-state index contributed by atoms with van der Waals surface area (Å²) in [6.07, 6.45) is 2.10. The van der Waals surface area contributed by atoms with E-state index in [0.717, 1.165) is 11.4 Å². The van der Waals surface area contributed by atoms with Crippen LogP contribution in [0.5, 0.6) is 0 Å². The first-order valence-electron chi connectivity index (χ1n) is 5.11. The van der Waals surface area contributed by atoms with Gasteiger partial charge < -0.3 is 5.73 Å². The number of rotatable bonds is 3. The number of pyridine rings is 1. The van der Waals surface area contributed by atoms with Crippen molar-refractivity contribution in [2.45, 2.75) is 5.75 Å². The van der Waals surface area contributed by atoms with Crippen molar-refractivity contribution in [1.29, 1.82) is 0 Å². The van der Waals surface area contributed by atoms with Crippen LogP contribution in [0, 0.1) is 0 Å². The largest absolute Gasteiger partial charge is 0.384 e. The molecular weight excluding hydrogens is 216 g/mol. The maximum Gasteiger partial charge on any atom is 0.124 e. The summed E-state index contributed by atoms with van der Waals surface area (Å²) in [4.78, 5) is 4.35. The topological polar surface area (TPSA) is 38.9 Å². The number of hydrogen-bond acceptors (Lipinski definition) is 3. The molecule has 82 valence electrons. The lowest BCUT2D eigenvalue weighted by Gasteiger charge is -2.08. The minimum absolute atomic E-state index is 0.566. The number of nitrogens with two attached hydrogens (primary N) is 1. The molecule has 2 rings (SSSR count). The third-order valence-corrected chi connectivity index (χ3v) is 2.96. The van der Waals surface area contributed by atoms with Gasteiger partial charge in [-0.15, -0.1) is 0 Å². The second-order valence-electron chi connectivity index (χ2n) is 3.54. The fourth-order valence-electron chi connectivity index (χ4n) is 1.65. The van der Waals surface area contributed by atoms with Crippen molar-refractivity contribution in [3.8, 4) is 11.3 Å². The van der Waals surface area contributed by atoms with Crippen molar-refractivity contribution >= 4 is 17.6 Å². The highest BCUT2D eigenvalue weighted by Gasteiger charge is 2.05. The molecule has 1 aromatic carbocycles. The summed E-state index contributed by atoms with van der Waals surface area (Å²) in [5.74, 6) is 1.56. The Balaban J connectivity index is 2.46. The van der Waals surface area contributed by atoms with Gasteiger partial charge in [0.2, 0.25) is 0 Å². The molecule has 16 heavy (non-hydrogen) atoms. The monoisotopic (exact) mass is 230 g/mol. The van der Waals surface area contributed by atoms with Crippen molar-refractivity contribution in [2.24, 2.45) is 0 Å². The summed E-state index contributed by atoms with van der Waals surface area (Å²) in [5, 5.41) is 0. The molecule has 0 aliphatic rings. The molecule has 2 nitrogen and oxygen atoms in total. The predicted molar refractivity (Wildman–Crippen MR) is 71.3 cm³/mol. The fraction of sp³-hybridized carbons (Fsp3) is 0.154. The normalized spacial score (nSPS) is 10.3. The number of aromatic nitrogens is 1. The van der Waals surface area contributed by atoms with Gasteiger partial charge in [-0.1, -0.05) is 30.3 Å². The molecule has 1 heterocycles. The van der Waals surface area contributed by atoms with Gasteiger partial charge >= 0.3 is 0 Å². The Bertz CT molecular complexity index is 483. The van der Waals surface area contributed by atoms with Crippen molar-refractivity contribution in [2.75, 3.05) is 12.0 Å². The van der Waals surface area contributed by atoms with Gasteiger partial charge in [0.25, 0.3) is 0 Å². The van der Waals surface area contributed by atoms with Crippen molar-refractivity contribution in [3.63, 3.8) is 0 Å². The highest BCUT2D eigenvalue weighted by Crippen LogP contribution is 2.24. The highest BCUT2D eigenvalue weighted by molar-refractivity contribution is 7.97. The SMILES string of the molecule is CSCc1ccccc1-c1cccc(N)n1. The lowest BCUT2D eigenvalue weighted by molar-refractivity contribution is 1.30. The maximum absolute atomic E-state index is 5.70. The first-order chi connectivity index (χ1) is 7.81. The molecule has 0 amide bonds. The number of thioether (sulfide) groups is 1. The van der Waals surface area contributed by atoms with Gasteiger partial charge in [0.15, 0.2) is 0 Å². The first kappa shape index (κ1) is 11.0. The number of benzene rings is 1. The molecule has 2 N–H and O–H groups in total. The molecule has 0 aliphatic carbocycles. The summed E-state index contributed by atoms with van der Waals surface area (Å²) >= 11 is 1.81. The molecule has 0 aliphatic heterocycles. The molecule has 0 bridgehead atoms. The second-order valence-corrected chi connectivity index (χ2v) is 4.40. The van der Waals surface area contributed by atoms with Crippen LogP contribution in [0.1, 0.15) is 5.56 Å². The average Bonchev–Trinajstić information content (AvgIpc) is 2.30. The van der Waals surface area contributed by atoms with E-state index < -0.39 is 0 Å². The Labute approximate surface area is 99.9 Å². The van der Waals surface area contributed by atoms with Gasteiger partial charge in [0, 0.05) is 11.3 Å². The van der Waals surface area contributed by atoms with Crippen LogP contribution in [0.4, 0.5) is 5.82 Å². The summed E-state index contributed by atoms with van der Waals surface area (Å²) in [6.45, 7) is 0. The van der Waals surface area contributed by atoms with Crippen LogP contribution < -0.4 is 5.73 Å². The Morgan fingerprint density at radius 2 is 1.94 bits per heavy atom. The molecule has 0 atom stereocenters. The minimum atomic E-state index is 0.566. The lowest BCUT2D eigenvalue weighted by Crippen LogP contribution is -1.94. The van der Waals surface area contributed by atoms with E-state index >= 15 is 0 Å². The zero-order chi connectivity index (χ0) is 11.4. The van der Waals surface area contributed by atoms with Gasteiger partial charge in [-0.05, 0) is 24.0 Å². The van der Waals surface area contributed by atoms with Gasteiger partial charge in [0.1, 0.15) is 5.82 Å². The number of nitrogens with zero attached hydrogens (tertiary/aromatic N) is 1. The van der Waals surface area contributed by atoms with Crippen LogP contribution >= 0.6 is 11.8 Å². The van der Waals surface area contributed by atoms with Crippen LogP contribution in [0.25, 0.3) is 11.3 Å². The fourth-order valence-corrected chi connectivity index (χ4v) is 2.22. The van der Waals surface area contributed by atoms with E-state index in [1.165, 1.54) is 11.1 Å². The predicted octanol–water partition coefficient (Wildman–Crippen LogP) is 3.19. The third-order valence-electron chi connectivity index (χ3n) is 2.36. The smallest absolute Gasteiger partial charge is 0.124 e. The van der Waals surface area contributed by atoms with Gasteiger partial charge in [-0.2, -0.15) is 11.8 Å². The first-order valence-corrected chi connectivity index (χ1v) is 6.50. The van der Waals surface area contributed by atoms with E-state index in [9.17, 15) is 0 Å². The van der Waals surface area contributed by atoms with Crippen LogP contribution in [0.2, 0.25) is 0 Å². The number of hydrogen-bond donors (Lipinski definition) is 1. The maximum atomic E-state index is 5.70. The standard InChI is InChI=1S/C13H14N2S/c1-16-9-10-5-2-3-6-11(10)12-7-4-8-13(14)15-12/h2-8H,9H2,1H3,(H2,14,15). The number of nitrogen functional groups attached to an aromatic ring is 1. The van der Waals surface area contributed by atoms with E-state index in [1.807, 2.05) is 30.0 Å². The Hall–Kier alpha value is -1.48. The minimum Gasteiger partial charge on any atom is -0.384 e. The van der Waals surface area contributed by atoms with Crippen molar-refractivity contribution in [3.05, 3.63) is 48.0 Å². The molecular formula is C13H14N2S. The van der Waals surface area contributed by atoms with E-state index in [-0.39, 0.29) is 0 Å². The molecule has 0 saturated carbocycles. The van der Waals surface area contributed by atoms with Crippen LogP contribution in [-0.4, -0.2) is 11.2 Å². The summed E-state index contributed by atoms with van der Waals surface area (Å²) in [7, 11) is 0. The molecule has 3 heteroatoms. The van der Waals surface area contributed by atoms with E-state index in [0.29, 0.717) is 5.82 Å². The van der Waals surface area contributed by atoms with Gasteiger partial charge in [0.05, 0.1) is 5.69 Å². The third kappa shape index (κ3) is 2.36. The summed E-state index contributed by atoms with van der Waals surface area (Å²) < 4.78 is 0. The molecule has 0 fully saturated rings. The Morgan fingerprint density at radius 1 is 1.12 bits per heavy atom. The van der Waals surface area contributed by atoms with Crippen LogP contribution in [-0.2, 0) is 5.75 Å².